The fraction of sp³-hybridized carbons (Fsp3) is 0. The van der Waals surface area contributed by atoms with Gasteiger partial charge in [-0.1, -0.05) is 0 Å². The molecule has 7 heteroatoms. The summed E-state index contributed by atoms with van der Waals surface area (Å²) in [6.07, 6.45) is 0. The van der Waals surface area contributed by atoms with E-state index in [0.29, 0.717) is 0 Å². The first-order valence-corrected chi connectivity index (χ1v) is 0. The van der Waals surface area contributed by atoms with Crippen molar-refractivity contribution < 1.29 is 80.7 Å². The van der Waals surface area contributed by atoms with Crippen LogP contribution < -0.4 is 49.6 Å². The summed E-state index contributed by atoms with van der Waals surface area (Å²) >= 11 is 0. The van der Waals surface area contributed by atoms with Crippen molar-refractivity contribution in [3.8, 4) is 0 Å². The Morgan fingerprint density at radius 3 is 0.429 bits per heavy atom. The molecule has 0 aliphatic rings. The maximum Gasteiger partial charge on any atom is 0 e. The van der Waals surface area contributed by atoms with Crippen LogP contribution in [0.4, 0.5) is 0 Å². The van der Waals surface area contributed by atoms with Crippen LogP contribution in [0.3, 0.4) is 0 Å². The summed E-state index contributed by atoms with van der Waals surface area (Å²) in [4.78, 5) is 0. The molecule has 0 bridgehead atoms. The fourth-order valence-electron chi connectivity index (χ4n) is 0. The van der Waals surface area contributed by atoms with E-state index < -0.39 is 0 Å². The van der Waals surface area contributed by atoms with Crippen LogP contribution in [-0.4, -0.2) is 11.0 Å². The quantitative estimate of drug-likeness (QED) is 0.407. The van der Waals surface area contributed by atoms with Crippen molar-refractivity contribution in [2.75, 3.05) is 0 Å². The maximum absolute atomic E-state index is 0. The Hall–Kier alpha value is 1.73. The molecule has 0 spiro atoms. The molecule has 0 aromatic rings. The monoisotopic (exact) mass is 369 g/mol. The second-order valence-corrected chi connectivity index (χ2v) is 0. The minimum atomic E-state index is 0. The summed E-state index contributed by atoms with van der Waals surface area (Å²) in [5, 5.41) is 0. The summed E-state index contributed by atoms with van der Waals surface area (Å²) in [7, 11) is 0. The van der Waals surface area contributed by atoms with Gasteiger partial charge in [0.05, 0.1) is 0 Å². The van der Waals surface area contributed by atoms with Crippen LogP contribution in [0.1, 0.15) is 0 Å². The molecular formula is H4Cl4IrO2-4. The van der Waals surface area contributed by atoms with Crippen molar-refractivity contribution >= 4 is 0 Å². The van der Waals surface area contributed by atoms with Gasteiger partial charge < -0.3 is 60.6 Å². The summed E-state index contributed by atoms with van der Waals surface area (Å²) in [5.74, 6) is 0. The van der Waals surface area contributed by atoms with Crippen molar-refractivity contribution in [3.63, 3.8) is 0 Å². The SMILES string of the molecule is O.O.[Cl-].[Cl-].[Cl-].[Cl-].[Ir]. The fourth-order valence-corrected chi connectivity index (χ4v) is 0. The Kier molecular flexibility index (Phi) is 2920. The minimum absolute atomic E-state index is 0. The third-order valence-electron chi connectivity index (χ3n) is 0. The second kappa shape index (κ2) is 117. The smallest absolute Gasteiger partial charge is 0 e. The first-order chi connectivity index (χ1) is 0. The summed E-state index contributed by atoms with van der Waals surface area (Å²) in [6.45, 7) is 0. The Balaban J connectivity index is 0. The van der Waals surface area contributed by atoms with Crippen LogP contribution in [0.15, 0.2) is 0 Å². The standard InChI is InChI=1S/4ClH.Ir.2H2O/h4*1H;;2*1H2/p-4. The molecule has 0 fully saturated rings. The molecule has 0 amide bonds. The third-order valence-corrected chi connectivity index (χ3v) is 0. The van der Waals surface area contributed by atoms with Gasteiger partial charge in [-0.05, 0) is 0 Å². The second-order valence-electron chi connectivity index (χ2n) is 0. The van der Waals surface area contributed by atoms with Gasteiger partial charge in [-0.25, -0.2) is 0 Å². The molecule has 7 heavy (non-hydrogen) atoms. The zero-order valence-corrected chi connectivity index (χ0v) is 8.26. The third kappa shape index (κ3) is 84.8. The Bertz CT molecular complexity index is 9.65. The first-order valence-electron chi connectivity index (χ1n) is 0. The van der Waals surface area contributed by atoms with E-state index in [4.69, 9.17) is 0 Å². The van der Waals surface area contributed by atoms with E-state index in [1.165, 1.54) is 0 Å². The normalized spacial score (nSPS) is 0. The minimum Gasteiger partial charge on any atom is -1.00 e. The van der Waals surface area contributed by atoms with E-state index in [1.807, 2.05) is 0 Å². The van der Waals surface area contributed by atoms with Gasteiger partial charge in [0.1, 0.15) is 0 Å². The van der Waals surface area contributed by atoms with Gasteiger partial charge in [-0.15, -0.1) is 0 Å². The number of halogens is 4. The molecule has 0 rings (SSSR count). The summed E-state index contributed by atoms with van der Waals surface area (Å²) in [5.41, 5.74) is 0. The number of rotatable bonds is 0. The summed E-state index contributed by atoms with van der Waals surface area (Å²) < 4.78 is 0. The van der Waals surface area contributed by atoms with E-state index in [-0.39, 0.29) is 80.7 Å². The summed E-state index contributed by atoms with van der Waals surface area (Å²) in [6, 6.07) is 0. The van der Waals surface area contributed by atoms with Crippen LogP contribution in [0.5, 0.6) is 0 Å². The average molecular weight is 370 g/mol. The van der Waals surface area contributed by atoms with Gasteiger partial charge >= 0.3 is 0 Å². The Morgan fingerprint density at radius 1 is 0.429 bits per heavy atom. The molecule has 57 valence electrons. The van der Waals surface area contributed by atoms with Crippen molar-refractivity contribution in [2.24, 2.45) is 0 Å². The van der Waals surface area contributed by atoms with Crippen LogP contribution >= 0.6 is 0 Å². The molecular weight excluding hydrogens is 366 g/mol. The van der Waals surface area contributed by atoms with Crippen molar-refractivity contribution in [1.29, 1.82) is 0 Å². The van der Waals surface area contributed by atoms with Gasteiger partial charge in [0.25, 0.3) is 0 Å². The first kappa shape index (κ1) is 174. The Labute approximate surface area is 80.4 Å². The molecule has 0 saturated heterocycles. The van der Waals surface area contributed by atoms with E-state index in [2.05, 4.69) is 0 Å². The Morgan fingerprint density at radius 2 is 0.429 bits per heavy atom. The molecule has 1 radical (unpaired) electrons. The molecule has 0 unspecified atom stereocenters. The van der Waals surface area contributed by atoms with E-state index in [9.17, 15) is 0 Å². The van der Waals surface area contributed by atoms with Crippen LogP contribution in [0.2, 0.25) is 0 Å². The zero-order chi connectivity index (χ0) is 0. The van der Waals surface area contributed by atoms with E-state index >= 15 is 0 Å². The topological polar surface area (TPSA) is 63.0 Å². The molecule has 0 aromatic carbocycles. The van der Waals surface area contributed by atoms with Crippen LogP contribution in [0, 0.1) is 0 Å². The predicted molar refractivity (Wildman–Crippen MR) is 7.23 cm³/mol. The average Bonchev–Trinajstić information content (AvgIpc) is 0. The molecule has 0 atom stereocenters. The van der Waals surface area contributed by atoms with Crippen LogP contribution in [-0.2, 0) is 20.1 Å². The van der Waals surface area contributed by atoms with E-state index in [1.54, 1.807) is 0 Å². The molecule has 0 heterocycles. The molecule has 0 aliphatic heterocycles. The molecule has 0 aromatic heterocycles. The van der Waals surface area contributed by atoms with Crippen molar-refractivity contribution in [3.05, 3.63) is 0 Å². The van der Waals surface area contributed by atoms with Gasteiger partial charge in [0.2, 0.25) is 0 Å². The van der Waals surface area contributed by atoms with Crippen molar-refractivity contribution in [2.45, 2.75) is 0 Å². The van der Waals surface area contributed by atoms with Crippen LogP contribution in [0.25, 0.3) is 0 Å². The largest absolute Gasteiger partial charge is 1.00 e. The van der Waals surface area contributed by atoms with Crippen molar-refractivity contribution in [1.82, 2.24) is 0 Å². The number of hydrogen-bond acceptors (Lipinski definition) is 0. The van der Waals surface area contributed by atoms with E-state index in [0.717, 1.165) is 0 Å². The molecule has 2 nitrogen and oxygen atoms in total. The molecule has 0 aliphatic carbocycles. The molecule has 0 saturated carbocycles. The number of hydrogen-bond donors (Lipinski definition) is 0. The van der Waals surface area contributed by atoms with Gasteiger partial charge in [-0.3, -0.25) is 0 Å². The zero-order valence-electron chi connectivity index (χ0n) is 2.85. The maximum atomic E-state index is 0. The molecule has 4 N–H and O–H groups in total. The predicted octanol–water partition coefficient (Wildman–Crippen LogP) is -13.6. The van der Waals surface area contributed by atoms with Gasteiger partial charge in [0.15, 0.2) is 0 Å². The van der Waals surface area contributed by atoms with Gasteiger partial charge in [0, 0.05) is 20.1 Å². The van der Waals surface area contributed by atoms with Gasteiger partial charge in [-0.2, -0.15) is 0 Å².